The van der Waals surface area contributed by atoms with Crippen LogP contribution in [0.3, 0.4) is 0 Å². The number of nitrogens with zero attached hydrogens (tertiary/aromatic N) is 2. The van der Waals surface area contributed by atoms with Crippen LogP contribution in [0.1, 0.15) is 34.1 Å². The predicted octanol–water partition coefficient (Wildman–Crippen LogP) is 1.18. The van der Waals surface area contributed by atoms with E-state index >= 15 is 0 Å². The molecule has 138 valence electrons. The van der Waals surface area contributed by atoms with Gasteiger partial charge in [-0.05, 0) is 19.1 Å². The van der Waals surface area contributed by atoms with E-state index in [1.807, 2.05) is 0 Å². The first-order valence-electron chi connectivity index (χ1n) is 8.53. The van der Waals surface area contributed by atoms with Gasteiger partial charge >= 0.3 is 5.97 Å². The molecule has 2 aliphatic rings. The van der Waals surface area contributed by atoms with Crippen LogP contribution in [0.5, 0.6) is 0 Å². The van der Waals surface area contributed by atoms with Gasteiger partial charge in [0.05, 0.1) is 17.7 Å². The van der Waals surface area contributed by atoms with Gasteiger partial charge in [-0.1, -0.05) is 12.1 Å². The summed E-state index contributed by atoms with van der Waals surface area (Å²) in [7, 11) is 0. The molecule has 0 saturated carbocycles. The summed E-state index contributed by atoms with van der Waals surface area (Å²) in [6.45, 7) is 2.44. The number of ether oxygens (including phenoxy) is 1. The molecule has 0 bridgehead atoms. The summed E-state index contributed by atoms with van der Waals surface area (Å²) in [5.41, 5.74) is 0.729. The highest BCUT2D eigenvalue weighted by atomic mass is 32.2. The summed E-state index contributed by atoms with van der Waals surface area (Å²) in [4.78, 5) is 52.0. The molecule has 26 heavy (non-hydrogen) atoms. The Morgan fingerprint density at radius 1 is 1.19 bits per heavy atom. The smallest absolute Gasteiger partial charge is 0.329 e. The highest BCUT2D eigenvalue weighted by Crippen LogP contribution is 2.23. The summed E-state index contributed by atoms with van der Waals surface area (Å²) in [6.07, 6.45) is -0.00790. The molecule has 1 aromatic rings. The summed E-state index contributed by atoms with van der Waals surface area (Å²) < 4.78 is 5.05. The number of carbonyl (C=O) groups is 4. The third kappa shape index (κ3) is 3.46. The maximum Gasteiger partial charge on any atom is 0.329 e. The van der Waals surface area contributed by atoms with Crippen LogP contribution in [-0.4, -0.2) is 70.7 Å². The van der Waals surface area contributed by atoms with Crippen molar-refractivity contribution in [1.82, 2.24) is 9.80 Å². The average Bonchev–Trinajstić information content (AvgIpc) is 2.91. The predicted molar refractivity (Wildman–Crippen MR) is 95.9 cm³/mol. The van der Waals surface area contributed by atoms with Crippen molar-refractivity contribution in [2.75, 3.05) is 31.2 Å². The van der Waals surface area contributed by atoms with Crippen LogP contribution >= 0.6 is 11.8 Å². The van der Waals surface area contributed by atoms with E-state index < -0.39 is 12.0 Å². The molecule has 7 nitrogen and oxygen atoms in total. The van der Waals surface area contributed by atoms with Gasteiger partial charge in [0, 0.05) is 31.0 Å². The first-order chi connectivity index (χ1) is 12.5. The summed E-state index contributed by atoms with van der Waals surface area (Å²) in [5.74, 6) is -0.176. The molecule has 8 heteroatoms. The molecule has 2 aliphatic heterocycles. The minimum atomic E-state index is -0.608. The lowest BCUT2D eigenvalue weighted by Gasteiger charge is -2.34. The number of hydrogen-bond acceptors (Lipinski definition) is 6. The Balaban J connectivity index is 1.64. The molecule has 0 aliphatic carbocycles. The van der Waals surface area contributed by atoms with E-state index in [2.05, 4.69) is 0 Å². The lowest BCUT2D eigenvalue weighted by Crippen LogP contribution is -2.51. The topological polar surface area (TPSA) is 84.0 Å². The Hall–Kier alpha value is -2.35. The molecular weight excluding hydrogens is 356 g/mol. The molecule has 0 aromatic heterocycles. The second kappa shape index (κ2) is 7.90. The number of esters is 1. The van der Waals surface area contributed by atoms with E-state index in [1.54, 1.807) is 43.0 Å². The largest absolute Gasteiger partial charge is 0.464 e. The van der Waals surface area contributed by atoms with Crippen molar-refractivity contribution in [3.05, 3.63) is 35.4 Å². The number of amides is 3. The zero-order valence-corrected chi connectivity index (χ0v) is 15.3. The summed E-state index contributed by atoms with van der Waals surface area (Å²) in [6, 6.07) is 6.01. The number of benzene rings is 1. The second-order valence-electron chi connectivity index (χ2n) is 5.99. The second-order valence-corrected chi connectivity index (χ2v) is 7.14. The van der Waals surface area contributed by atoms with Crippen LogP contribution in [0.15, 0.2) is 24.3 Å². The number of thioether (sulfide) groups is 1. The van der Waals surface area contributed by atoms with Crippen LogP contribution in [0.4, 0.5) is 0 Å². The lowest BCUT2D eigenvalue weighted by atomic mass is 10.1. The van der Waals surface area contributed by atoms with Gasteiger partial charge in [0.15, 0.2) is 0 Å². The molecule has 0 radical (unpaired) electrons. The quantitative estimate of drug-likeness (QED) is 0.567. The van der Waals surface area contributed by atoms with E-state index in [0.717, 1.165) is 10.7 Å². The molecule has 3 rings (SSSR count). The van der Waals surface area contributed by atoms with Crippen LogP contribution in [-0.2, 0) is 14.3 Å². The molecule has 2 heterocycles. The molecule has 0 spiro atoms. The summed E-state index contributed by atoms with van der Waals surface area (Å²) >= 11 is 1.60. The Kier molecular flexibility index (Phi) is 5.61. The van der Waals surface area contributed by atoms with Crippen LogP contribution in [0, 0.1) is 0 Å². The van der Waals surface area contributed by atoms with Crippen molar-refractivity contribution in [2.24, 2.45) is 0 Å². The van der Waals surface area contributed by atoms with Crippen LogP contribution in [0.2, 0.25) is 0 Å². The van der Waals surface area contributed by atoms with E-state index in [0.29, 0.717) is 23.4 Å². The van der Waals surface area contributed by atoms with Crippen molar-refractivity contribution >= 4 is 35.5 Å². The highest BCUT2D eigenvalue weighted by molar-refractivity contribution is 7.99. The molecule has 1 aromatic carbocycles. The normalized spacial score (nSPS) is 19.5. The van der Waals surface area contributed by atoms with Gasteiger partial charge < -0.3 is 9.64 Å². The number of fused-ring (bicyclic) bond motifs is 1. The summed E-state index contributed by atoms with van der Waals surface area (Å²) in [5, 5.41) is 0. The minimum absolute atomic E-state index is 0.00433. The first kappa shape index (κ1) is 18.4. The Morgan fingerprint density at radius 3 is 2.46 bits per heavy atom. The van der Waals surface area contributed by atoms with Crippen molar-refractivity contribution in [3.63, 3.8) is 0 Å². The molecule has 0 N–H and O–H groups in total. The van der Waals surface area contributed by atoms with Gasteiger partial charge in [0.2, 0.25) is 5.91 Å². The van der Waals surface area contributed by atoms with Gasteiger partial charge in [0.25, 0.3) is 11.8 Å². The Morgan fingerprint density at radius 2 is 1.85 bits per heavy atom. The monoisotopic (exact) mass is 376 g/mol. The van der Waals surface area contributed by atoms with E-state index in [-0.39, 0.29) is 37.3 Å². The lowest BCUT2D eigenvalue weighted by molar-refractivity contribution is -0.153. The van der Waals surface area contributed by atoms with Gasteiger partial charge in [-0.15, -0.1) is 0 Å². The van der Waals surface area contributed by atoms with Crippen molar-refractivity contribution in [2.45, 2.75) is 19.4 Å². The van der Waals surface area contributed by atoms with E-state index in [4.69, 9.17) is 4.74 Å². The third-order valence-electron chi connectivity index (χ3n) is 4.43. The Labute approximate surface area is 155 Å². The standard InChI is InChI=1S/C18H20N2O5S/c1-2-25-18(24)14-11-26-10-9-19(14)15(21)7-8-20-16(22)12-5-3-4-6-13(12)17(20)23/h3-6,14H,2,7-11H2,1H3. The van der Waals surface area contributed by atoms with Gasteiger partial charge in [-0.3, -0.25) is 19.3 Å². The fourth-order valence-electron chi connectivity index (χ4n) is 3.13. The van der Waals surface area contributed by atoms with Crippen molar-refractivity contribution in [1.29, 1.82) is 0 Å². The zero-order valence-electron chi connectivity index (χ0n) is 14.5. The number of rotatable bonds is 5. The highest BCUT2D eigenvalue weighted by Gasteiger charge is 2.37. The number of carbonyl (C=O) groups excluding carboxylic acids is 4. The average molecular weight is 376 g/mol. The molecule has 1 saturated heterocycles. The first-order valence-corrected chi connectivity index (χ1v) is 9.69. The molecule has 1 atom stereocenters. The molecule has 1 unspecified atom stereocenters. The maximum atomic E-state index is 12.6. The van der Waals surface area contributed by atoms with Crippen molar-refractivity contribution in [3.8, 4) is 0 Å². The van der Waals surface area contributed by atoms with Crippen molar-refractivity contribution < 1.29 is 23.9 Å². The van der Waals surface area contributed by atoms with Gasteiger partial charge in [0.1, 0.15) is 6.04 Å². The minimum Gasteiger partial charge on any atom is -0.464 e. The zero-order chi connectivity index (χ0) is 18.7. The molecule has 1 fully saturated rings. The number of imide groups is 1. The van der Waals surface area contributed by atoms with Crippen LogP contribution < -0.4 is 0 Å². The number of hydrogen-bond donors (Lipinski definition) is 0. The maximum absolute atomic E-state index is 12.6. The fourth-order valence-corrected chi connectivity index (χ4v) is 4.16. The van der Waals surface area contributed by atoms with E-state index in [9.17, 15) is 19.2 Å². The Bertz CT molecular complexity index is 716. The SMILES string of the molecule is CCOC(=O)C1CSCCN1C(=O)CCN1C(=O)c2ccccc2C1=O. The fraction of sp³-hybridized carbons (Fsp3) is 0.444. The van der Waals surface area contributed by atoms with E-state index in [1.165, 1.54) is 4.90 Å². The van der Waals surface area contributed by atoms with Gasteiger partial charge in [-0.2, -0.15) is 11.8 Å². The van der Waals surface area contributed by atoms with Crippen LogP contribution in [0.25, 0.3) is 0 Å². The third-order valence-corrected chi connectivity index (χ3v) is 5.46. The molecular formula is C18H20N2O5S. The molecule has 3 amide bonds. The van der Waals surface area contributed by atoms with Gasteiger partial charge in [-0.25, -0.2) is 4.79 Å².